The van der Waals surface area contributed by atoms with E-state index in [4.69, 9.17) is 5.73 Å². The van der Waals surface area contributed by atoms with Crippen molar-refractivity contribution in [2.75, 3.05) is 5.73 Å². The highest BCUT2D eigenvalue weighted by Crippen LogP contribution is 2.35. The van der Waals surface area contributed by atoms with Gasteiger partial charge in [-0.15, -0.1) is 11.3 Å². The summed E-state index contributed by atoms with van der Waals surface area (Å²) >= 11 is 1.27. The Bertz CT molecular complexity index is 593. The van der Waals surface area contributed by atoms with Gasteiger partial charge in [0.05, 0.1) is 5.69 Å². The number of hydrogen-bond donors (Lipinski definition) is 1. The molecule has 0 saturated heterocycles. The Balaban J connectivity index is 2.56. The third kappa shape index (κ3) is 2.10. The van der Waals surface area contributed by atoms with Gasteiger partial charge < -0.3 is 5.73 Å². The van der Waals surface area contributed by atoms with Crippen molar-refractivity contribution in [1.29, 1.82) is 0 Å². The normalized spacial score (nSPS) is 12.7. The van der Waals surface area contributed by atoms with E-state index in [1.807, 2.05) is 0 Å². The van der Waals surface area contributed by atoms with Gasteiger partial charge in [0, 0.05) is 16.4 Å². The lowest BCUT2D eigenvalue weighted by Gasteiger charge is -2.14. The van der Waals surface area contributed by atoms with Gasteiger partial charge in [-0.3, -0.25) is 0 Å². The number of halogens is 2. The highest BCUT2D eigenvalue weighted by molar-refractivity contribution is 7.15. The Labute approximate surface area is 108 Å². The molecule has 0 aliphatic carbocycles. The molecule has 1 aromatic carbocycles. The summed E-state index contributed by atoms with van der Waals surface area (Å²) < 4.78 is 27.9. The van der Waals surface area contributed by atoms with Crippen LogP contribution in [0.25, 0.3) is 0 Å². The van der Waals surface area contributed by atoms with Gasteiger partial charge in [-0.25, -0.2) is 13.8 Å². The fourth-order valence-corrected chi connectivity index (χ4v) is 2.93. The van der Waals surface area contributed by atoms with Crippen LogP contribution in [0.3, 0.4) is 0 Å². The zero-order chi connectivity index (χ0) is 13.4. The molecule has 0 fully saturated rings. The van der Waals surface area contributed by atoms with E-state index in [-0.39, 0.29) is 11.5 Å². The van der Waals surface area contributed by atoms with Crippen LogP contribution in [-0.4, -0.2) is 4.98 Å². The molecule has 18 heavy (non-hydrogen) atoms. The van der Waals surface area contributed by atoms with Crippen molar-refractivity contribution in [2.45, 2.75) is 26.7 Å². The van der Waals surface area contributed by atoms with Gasteiger partial charge in [0.25, 0.3) is 0 Å². The first-order valence-electron chi connectivity index (χ1n) is 5.59. The summed E-state index contributed by atoms with van der Waals surface area (Å²) in [7, 11) is 0. The van der Waals surface area contributed by atoms with Crippen LogP contribution in [-0.2, 0) is 0 Å². The Morgan fingerprint density at radius 1 is 1.28 bits per heavy atom. The smallest absolute Gasteiger partial charge is 0.180 e. The zero-order valence-electron chi connectivity index (χ0n) is 10.4. The van der Waals surface area contributed by atoms with E-state index in [1.165, 1.54) is 23.5 Å². The third-order valence-corrected chi connectivity index (χ3v) is 4.16. The molecule has 2 N–H and O–H groups in total. The molecule has 0 radical (unpaired) electrons. The Morgan fingerprint density at radius 2 is 1.94 bits per heavy atom. The monoisotopic (exact) mass is 268 g/mol. The second kappa shape index (κ2) is 4.65. The number of nitrogens with two attached hydrogens (primary N) is 1. The minimum absolute atomic E-state index is 0.0850. The summed E-state index contributed by atoms with van der Waals surface area (Å²) in [6.07, 6.45) is 0. The maximum absolute atomic E-state index is 14.1. The molecular weight excluding hydrogens is 254 g/mol. The Morgan fingerprint density at radius 3 is 2.50 bits per heavy atom. The van der Waals surface area contributed by atoms with Crippen LogP contribution in [0.15, 0.2) is 12.1 Å². The van der Waals surface area contributed by atoms with Crippen LogP contribution in [0.5, 0.6) is 0 Å². The van der Waals surface area contributed by atoms with Crippen molar-refractivity contribution < 1.29 is 8.78 Å². The van der Waals surface area contributed by atoms with Crippen molar-refractivity contribution in [2.24, 2.45) is 0 Å². The summed E-state index contributed by atoms with van der Waals surface area (Å²) in [6, 6.07) is 2.73. The van der Waals surface area contributed by atoms with E-state index >= 15 is 0 Å². The highest BCUT2D eigenvalue weighted by Gasteiger charge is 2.22. The summed E-state index contributed by atoms with van der Waals surface area (Å²) in [4.78, 5) is 4.89. The second-order valence-electron chi connectivity index (χ2n) is 4.32. The number of nitrogen functional groups attached to an aromatic ring is 1. The van der Waals surface area contributed by atoms with E-state index in [1.54, 1.807) is 20.8 Å². The number of rotatable bonds is 2. The number of benzene rings is 1. The van der Waals surface area contributed by atoms with Crippen molar-refractivity contribution in [3.05, 3.63) is 45.5 Å². The number of nitrogens with zero attached hydrogens (tertiary/aromatic N) is 1. The van der Waals surface area contributed by atoms with Crippen LogP contribution < -0.4 is 5.73 Å². The van der Waals surface area contributed by atoms with E-state index in [2.05, 4.69) is 4.98 Å². The Kier molecular flexibility index (Phi) is 3.34. The van der Waals surface area contributed by atoms with Gasteiger partial charge in [0.15, 0.2) is 5.13 Å². The number of hydrogen-bond acceptors (Lipinski definition) is 3. The maximum Gasteiger partial charge on any atom is 0.180 e. The van der Waals surface area contributed by atoms with Gasteiger partial charge in [-0.05, 0) is 25.5 Å². The molecular formula is C13H14F2N2S. The predicted octanol–water partition coefficient (Wildman–Crippen LogP) is 3.77. The quantitative estimate of drug-likeness (QED) is 0.900. The average Bonchev–Trinajstić information content (AvgIpc) is 2.63. The van der Waals surface area contributed by atoms with Crippen LogP contribution >= 0.6 is 11.3 Å². The molecule has 96 valence electrons. The molecule has 0 amide bonds. The lowest BCUT2D eigenvalue weighted by molar-refractivity contribution is 0.542. The predicted molar refractivity (Wildman–Crippen MR) is 69.9 cm³/mol. The molecule has 0 bridgehead atoms. The standard InChI is InChI=1S/C13H14F2N2S/c1-6-4-5-9(14)10(11(6)15)7(2)12-8(3)17-13(16)18-12/h4-5,7H,1-3H3,(H2,16,17). The van der Waals surface area contributed by atoms with Crippen LogP contribution in [0.4, 0.5) is 13.9 Å². The number of anilines is 1. The molecule has 0 saturated carbocycles. The highest BCUT2D eigenvalue weighted by atomic mass is 32.1. The van der Waals surface area contributed by atoms with Crippen molar-refractivity contribution in [3.63, 3.8) is 0 Å². The lowest BCUT2D eigenvalue weighted by atomic mass is 9.95. The molecule has 5 heteroatoms. The van der Waals surface area contributed by atoms with E-state index < -0.39 is 11.6 Å². The first-order chi connectivity index (χ1) is 8.41. The van der Waals surface area contributed by atoms with Gasteiger partial charge in [0.1, 0.15) is 11.6 Å². The summed E-state index contributed by atoms with van der Waals surface area (Å²) in [5.41, 5.74) is 6.87. The molecule has 0 aliphatic rings. The average molecular weight is 268 g/mol. The SMILES string of the molecule is Cc1ccc(F)c(C(C)c2sc(N)nc2C)c1F. The van der Waals surface area contributed by atoms with Crippen LogP contribution in [0.1, 0.15) is 34.5 Å². The fraction of sp³-hybridized carbons (Fsp3) is 0.308. The molecule has 1 atom stereocenters. The molecule has 1 aromatic heterocycles. The van der Waals surface area contributed by atoms with Crippen molar-refractivity contribution in [3.8, 4) is 0 Å². The number of thiazole rings is 1. The van der Waals surface area contributed by atoms with Crippen molar-refractivity contribution in [1.82, 2.24) is 4.98 Å². The molecule has 1 unspecified atom stereocenters. The van der Waals surface area contributed by atoms with Gasteiger partial charge in [-0.2, -0.15) is 0 Å². The first-order valence-corrected chi connectivity index (χ1v) is 6.40. The van der Waals surface area contributed by atoms with E-state index in [9.17, 15) is 8.78 Å². The fourth-order valence-electron chi connectivity index (χ4n) is 2.04. The van der Waals surface area contributed by atoms with Gasteiger partial charge in [0.2, 0.25) is 0 Å². The molecule has 2 nitrogen and oxygen atoms in total. The first kappa shape index (κ1) is 13.0. The lowest BCUT2D eigenvalue weighted by Crippen LogP contribution is -2.04. The zero-order valence-corrected chi connectivity index (χ0v) is 11.2. The molecule has 2 rings (SSSR count). The Hall–Kier alpha value is -1.49. The number of aromatic nitrogens is 1. The maximum atomic E-state index is 14.1. The van der Waals surface area contributed by atoms with E-state index in [0.29, 0.717) is 10.7 Å². The minimum Gasteiger partial charge on any atom is -0.375 e. The molecule has 2 aromatic rings. The number of aryl methyl sites for hydroxylation is 2. The minimum atomic E-state index is -0.531. The topological polar surface area (TPSA) is 38.9 Å². The molecule has 1 heterocycles. The summed E-state index contributed by atoms with van der Waals surface area (Å²) in [5.74, 6) is -1.41. The van der Waals surface area contributed by atoms with E-state index in [0.717, 1.165) is 10.6 Å². The third-order valence-electron chi connectivity index (χ3n) is 2.99. The molecule has 0 aliphatic heterocycles. The molecule has 0 spiro atoms. The van der Waals surface area contributed by atoms with Crippen molar-refractivity contribution >= 4 is 16.5 Å². The second-order valence-corrected chi connectivity index (χ2v) is 5.38. The van der Waals surface area contributed by atoms with Crippen LogP contribution in [0, 0.1) is 25.5 Å². The van der Waals surface area contributed by atoms with Gasteiger partial charge >= 0.3 is 0 Å². The van der Waals surface area contributed by atoms with Gasteiger partial charge in [-0.1, -0.05) is 13.0 Å². The van der Waals surface area contributed by atoms with Crippen LogP contribution in [0.2, 0.25) is 0 Å². The summed E-state index contributed by atoms with van der Waals surface area (Å²) in [6.45, 7) is 5.18. The summed E-state index contributed by atoms with van der Waals surface area (Å²) in [5, 5.41) is 0.419. The largest absolute Gasteiger partial charge is 0.375 e.